The number of anilines is 1. The summed E-state index contributed by atoms with van der Waals surface area (Å²) in [6.45, 7) is 1.72. The van der Waals surface area contributed by atoms with Gasteiger partial charge in [-0.25, -0.2) is 0 Å². The van der Waals surface area contributed by atoms with Gasteiger partial charge in [0.05, 0.1) is 23.6 Å². The number of hydrogen-bond donors (Lipinski definition) is 2. The molecule has 0 bridgehead atoms. The fourth-order valence-corrected chi connectivity index (χ4v) is 1.97. The maximum absolute atomic E-state index is 12.3. The summed E-state index contributed by atoms with van der Waals surface area (Å²) < 4.78 is 5.09. The van der Waals surface area contributed by atoms with Crippen molar-refractivity contribution in [3.05, 3.63) is 54.0 Å². The Morgan fingerprint density at radius 1 is 1.27 bits per heavy atom. The van der Waals surface area contributed by atoms with Crippen LogP contribution in [0.2, 0.25) is 0 Å². The lowest BCUT2D eigenvalue weighted by Gasteiger charge is -2.19. The number of carbonyl (C=O) groups is 2. The smallest absolute Gasteiger partial charge is 0.293 e. The van der Waals surface area contributed by atoms with Gasteiger partial charge in [-0.1, -0.05) is 12.1 Å². The van der Waals surface area contributed by atoms with Gasteiger partial charge in [0.25, 0.3) is 11.8 Å². The predicted molar refractivity (Wildman–Crippen MR) is 81.9 cm³/mol. The molecule has 0 saturated heterocycles. The lowest BCUT2D eigenvalue weighted by molar-refractivity contribution is 0.0924. The number of nitrogens with zero attached hydrogens (tertiary/aromatic N) is 1. The van der Waals surface area contributed by atoms with E-state index in [1.165, 1.54) is 11.2 Å². The molecule has 1 heterocycles. The van der Waals surface area contributed by atoms with Gasteiger partial charge in [-0.3, -0.25) is 9.59 Å². The van der Waals surface area contributed by atoms with E-state index in [0.29, 0.717) is 11.3 Å². The number of furan rings is 1. The zero-order valence-electron chi connectivity index (χ0n) is 12.4. The van der Waals surface area contributed by atoms with Crippen LogP contribution in [-0.4, -0.2) is 36.6 Å². The maximum atomic E-state index is 12.3. The Kier molecular flexibility index (Phi) is 4.95. The van der Waals surface area contributed by atoms with Crippen molar-refractivity contribution in [1.82, 2.24) is 5.32 Å². The van der Waals surface area contributed by atoms with Gasteiger partial charge in [-0.15, -0.1) is 0 Å². The Bertz CT molecular complexity index is 650. The summed E-state index contributed by atoms with van der Waals surface area (Å²) in [5, 5.41) is 11.9. The molecule has 2 amide bonds. The molecule has 6 heteroatoms. The maximum Gasteiger partial charge on any atom is 0.293 e. The molecule has 0 radical (unpaired) electrons. The molecule has 22 heavy (non-hydrogen) atoms. The molecule has 1 unspecified atom stereocenters. The number of aliphatic hydroxyl groups excluding tert-OH is 1. The predicted octanol–water partition coefficient (Wildman–Crippen LogP) is 1.67. The van der Waals surface area contributed by atoms with Crippen LogP contribution in [0.4, 0.5) is 5.69 Å². The van der Waals surface area contributed by atoms with Crippen LogP contribution >= 0.6 is 0 Å². The van der Waals surface area contributed by atoms with Crippen molar-refractivity contribution >= 4 is 17.5 Å². The molecule has 116 valence electrons. The van der Waals surface area contributed by atoms with Crippen LogP contribution in [0.25, 0.3) is 0 Å². The first kappa shape index (κ1) is 15.8. The van der Waals surface area contributed by atoms with Crippen LogP contribution < -0.4 is 10.2 Å². The molecule has 6 nitrogen and oxygen atoms in total. The number of aliphatic hydroxyl groups is 1. The van der Waals surface area contributed by atoms with E-state index in [0.717, 1.165) is 0 Å². The number of benzene rings is 1. The standard InChI is InChI=1S/C16H18N2O4/c1-11(19)10-17-15(20)12-6-3-4-7-13(12)18(2)16(21)14-8-5-9-22-14/h3-9,11,19H,10H2,1-2H3,(H,17,20). The first-order valence-corrected chi connectivity index (χ1v) is 6.87. The van der Waals surface area contributed by atoms with Crippen molar-refractivity contribution in [1.29, 1.82) is 0 Å². The number of para-hydroxylation sites is 1. The van der Waals surface area contributed by atoms with Crippen LogP contribution in [0.5, 0.6) is 0 Å². The van der Waals surface area contributed by atoms with E-state index in [-0.39, 0.29) is 24.1 Å². The van der Waals surface area contributed by atoms with Gasteiger partial charge in [0, 0.05) is 13.6 Å². The molecule has 0 aliphatic heterocycles. The summed E-state index contributed by atoms with van der Waals surface area (Å²) in [5.41, 5.74) is 0.817. The van der Waals surface area contributed by atoms with E-state index in [1.807, 2.05) is 0 Å². The van der Waals surface area contributed by atoms with Gasteiger partial charge < -0.3 is 19.7 Å². The van der Waals surface area contributed by atoms with E-state index in [4.69, 9.17) is 4.42 Å². The van der Waals surface area contributed by atoms with E-state index in [9.17, 15) is 14.7 Å². The average molecular weight is 302 g/mol. The lowest BCUT2D eigenvalue weighted by atomic mass is 10.1. The molecule has 2 rings (SSSR count). The summed E-state index contributed by atoms with van der Waals surface area (Å²) in [6, 6.07) is 9.95. The van der Waals surface area contributed by atoms with E-state index in [2.05, 4.69) is 5.32 Å². The average Bonchev–Trinajstić information content (AvgIpc) is 3.05. The fourth-order valence-electron chi connectivity index (χ4n) is 1.97. The van der Waals surface area contributed by atoms with Crippen molar-refractivity contribution in [2.75, 3.05) is 18.5 Å². The highest BCUT2D eigenvalue weighted by atomic mass is 16.3. The summed E-state index contributed by atoms with van der Waals surface area (Å²) in [6.07, 6.45) is 0.779. The molecular weight excluding hydrogens is 284 g/mol. The minimum atomic E-state index is -0.640. The number of hydrogen-bond acceptors (Lipinski definition) is 4. The molecule has 0 fully saturated rings. The van der Waals surface area contributed by atoms with E-state index >= 15 is 0 Å². The third-order valence-electron chi connectivity index (χ3n) is 3.10. The van der Waals surface area contributed by atoms with Gasteiger partial charge in [0.2, 0.25) is 0 Å². The second-order valence-corrected chi connectivity index (χ2v) is 4.92. The molecular formula is C16H18N2O4. The molecule has 0 aliphatic rings. The Morgan fingerprint density at radius 3 is 2.64 bits per heavy atom. The van der Waals surface area contributed by atoms with Gasteiger partial charge in [0.1, 0.15) is 0 Å². The number of amides is 2. The molecule has 1 atom stereocenters. The van der Waals surface area contributed by atoms with Gasteiger partial charge >= 0.3 is 0 Å². The molecule has 0 saturated carbocycles. The Morgan fingerprint density at radius 2 is 2.00 bits per heavy atom. The number of nitrogens with one attached hydrogen (secondary N) is 1. The van der Waals surface area contributed by atoms with Crippen molar-refractivity contribution in [3.8, 4) is 0 Å². The molecule has 1 aromatic heterocycles. The zero-order valence-corrected chi connectivity index (χ0v) is 12.4. The largest absolute Gasteiger partial charge is 0.459 e. The van der Waals surface area contributed by atoms with Crippen molar-refractivity contribution < 1.29 is 19.1 Å². The second kappa shape index (κ2) is 6.91. The van der Waals surface area contributed by atoms with Gasteiger partial charge in [-0.05, 0) is 31.2 Å². The highest BCUT2D eigenvalue weighted by Crippen LogP contribution is 2.21. The van der Waals surface area contributed by atoms with Gasteiger partial charge in [-0.2, -0.15) is 0 Å². The summed E-state index contributed by atoms with van der Waals surface area (Å²) in [5.74, 6) is -0.502. The minimum absolute atomic E-state index is 0.142. The highest BCUT2D eigenvalue weighted by molar-refractivity contribution is 6.09. The Labute approximate surface area is 128 Å². The topological polar surface area (TPSA) is 82.8 Å². The fraction of sp³-hybridized carbons (Fsp3) is 0.250. The normalized spacial score (nSPS) is 11.8. The van der Waals surface area contributed by atoms with Crippen LogP contribution in [0.3, 0.4) is 0 Å². The molecule has 0 aliphatic carbocycles. The molecule has 0 spiro atoms. The first-order chi connectivity index (χ1) is 10.5. The van der Waals surface area contributed by atoms with E-state index < -0.39 is 6.10 Å². The van der Waals surface area contributed by atoms with Crippen molar-refractivity contribution in [2.24, 2.45) is 0 Å². The monoisotopic (exact) mass is 302 g/mol. The Hall–Kier alpha value is -2.60. The van der Waals surface area contributed by atoms with Crippen LogP contribution in [0, 0.1) is 0 Å². The van der Waals surface area contributed by atoms with Crippen LogP contribution in [0.1, 0.15) is 27.8 Å². The van der Waals surface area contributed by atoms with Crippen molar-refractivity contribution in [3.63, 3.8) is 0 Å². The third-order valence-corrected chi connectivity index (χ3v) is 3.10. The number of carbonyl (C=O) groups excluding carboxylic acids is 2. The van der Waals surface area contributed by atoms with Gasteiger partial charge in [0.15, 0.2) is 5.76 Å². The van der Waals surface area contributed by atoms with Crippen molar-refractivity contribution in [2.45, 2.75) is 13.0 Å². The minimum Gasteiger partial charge on any atom is -0.459 e. The van der Waals surface area contributed by atoms with Crippen LogP contribution in [-0.2, 0) is 0 Å². The SMILES string of the molecule is CC(O)CNC(=O)c1ccccc1N(C)C(=O)c1ccco1. The first-order valence-electron chi connectivity index (χ1n) is 6.87. The number of rotatable bonds is 5. The highest BCUT2D eigenvalue weighted by Gasteiger charge is 2.21. The third kappa shape index (κ3) is 3.53. The summed E-state index contributed by atoms with van der Waals surface area (Å²) in [4.78, 5) is 25.9. The molecule has 1 aromatic carbocycles. The lowest BCUT2D eigenvalue weighted by Crippen LogP contribution is -2.33. The van der Waals surface area contributed by atoms with Crippen LogP contribution in [0.15, 0.2) is 47.1 Å². The Balaban J connectivity index is 2.24. The molecule has 2 aromatic rings. The quantitative estimate of drug-likeness (QED) is 0.880. The summed E-state index contributed by atoms with van der Waals surface area (Å²) >= 11 is 0. The van der Waals surface area contributed by atoms with E-state index in [1.54, 1.807) is 50.4 Å². The summed E-state index contributed by atoms with van der Waals surface area (Å²) in [7, 11) is 1.58. The zero-order chi connectivity index (χ0) is 16.1. The second-order valence-electron chi connectivity index (χ2n) is 4.92. The molecule has 2 N–H and O–H groups in total.